The molecule has 0 atom stereocenters. The number of aromatic nitrogens is 1. The van der Waals surface area contributed by atoms with Crippen molar-refractivity contribution in [2.24, 2.45) is 4.99 Å². The first-order valence-electron chi connectivity index (χ1n) is 8.85. The Labute approximate surface area is 169 Å². The fraction of sp³-hybridized carbons (Fsp3) is 0.227. The van der Waals surface area contributed by atoms with Gasteiger partial charge in [0.1, 0.15) is 23.1 Å². The molecule has 0 aliphatic heterocycles. The Morgan fingerprint density at radius 2 is 1.82 bits per heavy atom. The highest BCUT2D eigenvalue weighted by molar-refractivity contribution is 7.08. The van der Waals surface area contributed by atoms with Gasteiger partial charge in [-0.3, -0.25) is 0 Å². The first kappa shape index (κ1) is 19.6. The summed E-state index contributed by atoms with van der Waals surface area (Å²) in [6.07, 6.45) is 1.77. The fourth-order valence-electron chi connectivity index (χ4n) is 2.65. The van der Waals surface area contributed by atoms with Crippen molar-refractivity contribution in [2.75, 3.05) is 14.1 Å². The standard InChI is InChI=1S/C22H22N4OS/c1-14-6-8-17(9-7-14)21-18(12-23)22(28-25-21)27-20-11-15(2)19(10-16(20)3)24-13-26(4)5/h6-11,13H,1-5H3. The molecule has 0 spiro atoms. The van der Waals surface area contributed by atoms with Gasteiger partial charge in [-0.25, -0.2) is 4.99 Å². The number of aryl methyl sites for hydroxylation is 3. The van der Waals surface area contributed by atoms with Crippen LogP contribution in [0.4, 0.5) is 5.69 Å². The van der Waals surface area contributed by atoms with Crippen LogP contribution >= 0.6 is 11.5 Å². The fourth-order valence-corrected chi connectivity index (χ4v) is 3.38. The maximum absolute atomic E-state index is 9.68. The van der Waals surface area contributed by atoms with Crippen LogP contribution in [0.5, 0.6) is 10.8 Å². The van der Waals surface area contributed by atoms with Gasteiger partial charge in [0.2, 0.25) is 5.06 Å². The van der Waals surface area contributed by atoms with Gasteiger partial charge in [0.15, 0.2) is 0 Å². The van der Waals surface area contributed by atoms with Crippen molar-refractivity contribution in [1.82, 2.24) is 9.27 Å². The van der Waals surface area contributed by atoms with Crippen LogP contribution in [0.15, 0.2) is 41.4 Å². The van der Waals surface area contributed by atoms with Gasteiger partial charge in [0.25, 0.3) is 0 Å². The van der Waals surface area contributed by atoms with E-state index < -0.39 is 0 Å². The predicted octanol–water partition coefficient (Wildman–Crippen LogP) is 5.62. The van der Waals surface area contributed by atoms with Gasteiger partial charge in [-0.2, -0.15) is 9.64 Å². The number of hydrogen-bond donors (Lipinski definition) is 0. The molecule has 0 saturated carbocycles. The Kier molecular flexibility index (Phi) is 5.76. The molecule has 0 N–H and O–H groups in total. The zero-order chi connectivity index (χ0) is 20.3. The number of rotatable bonds is 5. The van der Waals surface area contributed by atoms with Gasteiger partial charge in [0.05, 0.1) is 12.0 Å². The van der Waals surface area contributed by atoms with E-state index in [1.807, 2.05) is 76.2 Å². The van der Waals surface area contributed by atoms with Crippen molar-refractivity contribution in [1.29, 1.82) is 5.26 Å². The number of hydrogen-bond acceptors (Lipinski definition) is 5. The lowest BCUT2D eigenvalue weighted by atomic mass is 10.1. The molecule has 0 radical (unpaired) electrons. The molecule has 2 aromatic carbocycles. The lowest BCUT2D eigenvalue weighted by Gasteiger charge is -2.11. The third-order valence-corrected chi connectivity index (χ3v) is 4.95. The summed E-state index contributed by atoms with van der Waals surface area (Å²) in [6.45, 7) is 5.99. The van der Waals surface area contributed by atoms with Crippen molar-refractivity contribution < 1.29 is 4.74 Å². The summed E-state index contributed by atoms with van der Waals surface area (Å²) in [6, 6.07) is 14.2. The first-order chi connectivity index (χ1) is 13.4. The zero-order valence-corrected chi connectivity index (χ0v) is 17.5. The molecular weight excluding hydrogens is 368 g/mol. The molecule has 0 bridgehead atoms. The molecule has 0 fully saturated rings. The Hall–Kier alpha value is -3.17. The Morgan fingerprint density at radius 1 is 1.11 bits per heavy atom. The Balaban J connectivity index is 1.93. The normalized spacial score (nSPS) is 10.9. The van der Waals surface area contributed by atoms with E-state index in [2.05, 4.69) is 15.4 Å². The zero-order valence-electron chi connectivity index (χ0n) is 16.6. The molecule has 5 nitrogen and oxygen atoms in total. The SMILES string of the molecule is Cc1ccc(-c2nsc(Oc3cc(C)c(N=CN(C)C)cc3C)c2C#N)cc1. The van der Waals surface area contributed by atoms with Crippen molar-refractivity contribution in [3.05, 3.63) is 58.7 Å². The van der Waals surface area contributed by atoms with Gasteiger partial charge in [0, 0.05) is 31.2 Å². The summed E-state index contributed by atoms with van der Waals surface area (Å²) in [4.78, 5) is 6.37. The summed E-state index contributed by atoms with van der Waals surface area (Å²) in [5, 5.41) is 10.2. The van der Waals surface area contributed by atoms with E-state index in [0.717, 1.165) is 27.9 Å². The maximum atomic E-state index is 9.68. The molecule has 0 saturated heterocycles. The molecule has 3 rings (SSSR count). The first-order valence-corrected chi connectivity index (χ1v) is 9.63. The number of benzene rings is 2. The topological polar surface area (TPSA) is 61.5 Å². The predicted molar refractivity (Wildman–Crippen MR) is 115 cm³/mol. The highest BCUT2D eigenvalue weighted by Gasteiger charge is 2.18. The quantitative estimate of drug-likeness (QED) is 0.419. The van der Waals surface area contributed by atoms with E-state index in [1.165, 1.54) is 11.5 Å². The molecule has 3 aromatic rings. The minimum Gasteiger partial charge on any atom is -0.443 e. The molecule has 0 aliphatic rings. The van der Waals surface area contributed by atoms with Crippen LogP contribution in [0, 0.1) is 32.1 Å². The summed E-state index contributed by atoms with van der Waals surface area (Å²) < 4.78 is 10.6. The number of aliphatic imine (C=N–C) groups is 1. The molecule has 28 heavy (non-hydrogen) atoms. The van der Waals surface area contributed by atoms with Crippen LogP contribution in [-0.4, -0.2) is 29.7 Å². The van der Waals surface area contributed by atoms with E-state index in [1.54, 1.807) is 6.34 Å². The summed E-state index contributed by atoms with van der Waals surface area (Å²) >= 11 is 1.20. The lowest BCUT2D eigenvalue weighted by molar-refractivity contribution is 0.491. The minimum atomic E-state index is 0.459. The second-order valence-corrected chi connectivity index (χ2v) is 7.62. The van der Waals surface area contributed by atoms with E-state index >= 15 is 0 Å². The van der Waals surface area contributed by atoms with Gasteiger partial charge in [-0.15, -0.1) is 0 Å². The highest BCUT2D eigenvalue weighted by atomic mass is 32.1. The molecular formula is C22H22N4OS. The number of nitriles is 1. The van der Waals surface area contributed by atoms with Crippen LogP contribution in [0.2, 0.25) is 0 Å². The molecule has 1 heterocycles. The maximum Gasteiger partial charge on any atom is 0.218 e. The average molecular weight is 391 g/mol. The third kappa shape index (κ3) is 4.21. The number of nitrogens with zero attached hydrogens (tertiary/aromatic N) is 4. The summed E-state index contributed by atoms with van der Waals surface area (Å²) in [7, 11) is 3.87. The van der Waals surface area contributed by atoms with Crippen molar-refractivity contribution in [3.63, 3.8) is 0 Å². The van der Waals surface area contributed by atoms with Crippen LogP contribution in [0.3, 0.4) is 0 Å². The smallest absolute Gasteiger partial charge is 0.218 e. The highest BCUT2D eigenvalue weighted by Crippen LogP contribution is 2.38. The molecule has 0 aliphatic carbocycles. The molecule has 0 amide bonds. The van der Waals surface area contributed by atoms with E-state index in [-0.39, 0.29) is 0 Å². The molecule has 0 unspecified atom stereocenters. The van der Waals surface area contributed by atoms with Crippen LogP contribution in [0.1, 0.15) is 22.3 Å². The Morgan fingerprint density at radius 3 is 2.46 bits per heavy atom. The van der Waals surface area contributed by atoms with Crippen molar-refractivity contribution in [2.45, 2.75) is 20.8 Å². The molecule has 6 heteroatoms. The van der Waals surface area contributed by atoms with Gasteiger partial charge < -0.3 is 9.64 Å². The molecule has 142 valence electrons. The second-order valence-electron chi connectivity index (χ2n) is 6.89. The summed E-state index contributed by atoms with van der Waals surface area (Å²) in [5.41, 5.74) is 6.03. The van der Waals surface area contributed by atoms with E-state index in [4.69, 9.17) is 4.74 Å². The van der Waals surface area contributed by atoms with Gasteiger partial charge in [-0.1, -0.05) is 29.8 Å². The average Bonchev–Trinajstić information content (AvgIpc) is 3.06. The largest absolute Gasteiger partial charge is 0.443 e. The van der Waals surface area contributed by atoms with E-state index in [0.29, 0.717) is 22.1 Å². The molecule has 1 aromatic heterocycles. The third-order valence-electron chi connectivity index (χ3n) is 4.22. The van der Waals surface area contributed by atoms with Gasteiger partial charge in [-0.05, 0) is 44.0 Å². The van der Waals surface area contributed by atoms with Crippen molar-refractivity contribution >= 4 is 23.6 Å². The number of ether oxygens (including phenoxy) is 1. The Bertz CT molecular complexity index is 1060. The van der Waals surface area contributed by atoms with Crippen LogP contribution < -0.4 is 4.74 Å². The summed E-state index contributed by atoms with van der Waals surface area (Å²) in [5.74, 6) is 0.705. The lowest BCUT2D eigenvalue weighted by Crippen LogP contribution is -2.07. The van der Waals surface area contributed by atoms with Gasteiger partial charge >= 0.3 is 0 Å². The van der Waals surface area contributed by atoms with Crippen molar-refractivity contribution in [3.8, 4) is 28.1 Å². The minimum absolute atomic E-state index is 0.459. The van der Waals surface area contributed by atoms with E-state index in [9.17, 15) is 5.26 Å². The van der Waals surface area contributed by atoms with Crippen LogP contribution in [-0.2, 0) is 0 Å². The second kappa shape index (κ2) is 8.24. The monoisotopic (exact) mass is 390 g/mol. The van der Waals surface area contributed by atoms with Crippen LogP contribution in [0.25, 0.3) is 11.3 Å².